The van der Waals surface area contributed by atoms with Gasteiger partial charge in [0.2, 0.25) is 0 Å². The Morgan fingerprint density at radius 1 is 1.33 bits per heavy atom. The fourth-order valence-corrected chi connectivity index (χ4v) is 0.224. The van der Waals surface area contributed by atoms with Gasteiger partial charge in [-0.15, -0.1) is 0 Å². The SMILES string of the molecule is CC.CC(C)(C)/C=N/N.[HH]. The van der Waals surface area contributed by atoms with Gasteiger partial charge in [-0.2, -0.15) is 5.10 Å². The number of hydrazone groups is 1. The molecule has 0 rings (SSSR count). The summed E-state index contributed by atoms with van der Waals surface area (Å²) in [5.74, 6) is 4.88. The van der Waals surface area contributed by atoms with Gasteiger partial charge in [-0.1, -0.05) is 34.6 Å². The van der Waals surface area contributed by atoms with Gasteiger partial charge in [0.15, 0.2) is 0 Å². The molecule has 0 amide bonds. The second-order valence-corrected chi connectivity index (χ2v) is 2.64. The van der Waals surface area contributed by atoms with Crippen LogP contribution in [0.5, 0.6) is 0 Å². The summed E-state index contributed by atoms with van der Waals surface area (Å²) in [4.78, 5) is 0. The molecule has 0 heterocycles. The maximum atomic E-state index is 4.88. The molecular weight excluding hydrogens is 112 g/mol. The Morgan fingerprint density at radius 2 is 1.67 bits per heavy atom. The predicted molar refractivity (Wildman–Crippen MR) is 45.6 cm³/mol. The highest BCUT2D eigenvalue weighted by Gasteiger charge is 2.03. The molecule has 0 saturated heterocycles. The third kappa shape index (κ3) is 18.6. The molecule has 0 aromatic heterocycles. The zero-order chi connectivity index (χ0) is 7.91. The number of hydrogen-bond acceptors (Lipinski definition) is 2. The van der Waals surface area contributed by atoms with Gasteiger partial charge in [0.05, 0.1) is 0 Å². The summed E-state index contributed by atoms with van der Waals surface area (Å²) >= 11 is 0. The molecule has 9 heavy (non-hydrogen) atoms. The summed E-state index contributed by atoms with van der Waals surface area (Å²) in [7, 11) is 0. The van der Waals surface area contributed by atoms with Crippen molar-refractivity contribution in [2.75, 3.05) is 0 Å². The van der Waals surface area contributed by atoms with Crippen molar-refractivity contribution in [3.05, 3.63) is 0 Å². The van der Waals surface area contributed by atoms with Crippen LogP contribution in [0.15, 0.2) is 5.10 Å². The Hall–Kier alpha value is -0.530. The van der Waals surface area contributed by atoms with Gasteiger partial charge < -0.3 is 5.84 Å². The molecule has 2 N–H and O–H groups in total. The summed E-state index contributed by atoms with van der Waals surface area (Å²) in [6, 6.07) is 0. The number of rotatable bonds is 0. The van der Waals surface area contributed by atoms with Gasteiger partial charge in [0, 0.05) is 7.64 Å². The smallest absolute Gasteiger partial charge is 0.0293 e. The first-order valence-electron chi connectivity index (χ1n) is 3.31. The minimum Gasteiger partial charge on any atom is -0.324 e. The Balaban J connectivity index is -0.000000149. The standard InChI is InChI=1S/C5H12N2.C2H6.H2/c1-5(2,3)4-7-6;1-2;/h4H,6H2,1-3H3;1-2H3;1H/b7-4+;;. The lowest BCUT2D eigenvalue weighted by molar-refractivity contribution is 0.605. The second-order valence-electron chi connectivity index (χ2n) is 2.64. The monoisotopic (exact) mass is 132 g/mol. The fraction of sp³-hybridized carbons (Fsp3) is 0.857. The van der Waals surface area contributed by atoms with Gasteiger partial charge in [0.1, 0.15) is 0 Å². The molecule has 0 aliphatic rings. The van der Waals surface area contributed by atoms with E-state index in [9.17, 15) is 0 Å². The van der Waals surface area contributed by atoms with Crippen LogP contribution in [-0.4, -0.2) is 6.21 Å². The average molecular weight is 132 g/mol. The Morgan fingerprint density at radius 3 is 1.67 bits per heavy atom. The molecule has 58 valence electrons. The van der Waals surface area contributed by atoms with Crippen LogP contribution >= 0.6 is 0 Å². The van der Waals surface area contributed by atoms with Crippen LogP contribution in [0, 0.1) is 5.41 Å². The van der Waals surface area contributed by atoms with Crippen molar-refractivity contribution < 1.29 is 1.43 Å². The van der Waals surface area contributed by atoms with Crippen molar-refractivity contribution in [1.82, 2.24) is 0 Å². The topological polar surface area (TPSA) is 38.4 Å². The van der Waals surface area contributed by atoms with E-state index < -0.39 is 0 Å². The molecule has 0 aliphatic heterocycles. The number of hydrogen-bond donors (Lipinski definition) is 1. The molecule has 0 unspecified atom stereocenters. The van der Waals surface area contributed by atoms with E-state index >= 15 is 0 Å². The first kappa shape index (κ1) is 11.3. The highest BCUT2D eigenvalue weighted by Crippen LogP contribution is 2.06. The van der Waals surface area contributed by atoms with Gasteiger partial charge in [-0.25, -0.2) is 0 Å². The maximum absolute atomic E-state index is 4.88. The van der Waals surface area contributed by atoms with E-state index in [0.717, 1.165) is 0 Å². The van der Waals surface area contributed by atoms with Crippen molar-refractivity contribution in [1.29, 1.82) is 0 Å². The van der Waals surface area contributed by atoms with Gasteiger partial charge in [-0.3, -0.25) is 0 Å². The van der Waals surface area contributed by atoms with Gasteiger partial charge >= 0.3 is 0 Å². The van der Waals surface area contributed by atoms with Crippen LogP contribution in [0.1, 0.15) is 36.0 Å². The Labute approximate surface area is 59.6 Å². The molecular formula is C7H20N2. The molecule has 0 aromatic rings. The van der Waals surface area contributed by atoms with Crippen LogP contribution in [0.3, 0.4) is 0 Å². The third-order valence-corrected chi connectivity index (χ3v) is 0.462. The molecule has 0 bridgehead atoms. The number of nitrogens with zero attached hydrogens (tertiary/aromatic N) is 1. The van der Waals surface area contributed by atoms with Crippen molar-refractivity contribution >= 4 is 6.21 Å². The van der Waals surface area contributed by atoms with E-state index in [1.165, 1.54) is 0 Å². The largest absolute Gasteiger partial charge is 0.324 e. The Kier molecular flexibility index (Phi) is 7.03. The minimum absolute atomic E-state index is 0. The predicted octanol–water partition coefficient (Wildman–Crippen LogP) is 2.25. The fourth-order valence-electron chi connectivity index (χ4n) is 0.224. The molecule has 2 nitrogen and oxygen atoms in total. The first-order valence-corrected chi connectivity index (χ1v) is 3.31. The van der Waals surface area contributed by atoms with Crippen LogP contribution in [0.4, 0.5) is 0 Å². The summed E-state index contributed by atoms with van der Waals surface area (Å²) in [5, 5.41) is 3.38. The molecule has 0 atom stereocenters. The lowest BCUT2D eigenvalue weighted by Gasteiger charge is -2.07. The summed E-state index contributed by atoms with van der Waals surface area (Å²) in [5.41, 5.74) is 0.134. The van der Waals surface area contributed by atoms with E-state index in [2.05, 4.69) is 5.10 Å². The minimum atomic E-state index is 0. The van der Waals surface area contributed by atoms with Crippen LogP contribution in [0.2, 0.25) is 0 Å². The lowest BCUT2D eigenvalue weighted by Crippen LogP contribution is -2.07. The summed E-state index contributed by atoms with van der Waals surface area (Å²) in [6.45, 7) is 10.1. The molecule has 0 spiro atoms. The van der Waals surface area contributed by atoms with Gasteiger partial charge in [-0.05, 0) is 5.41 Å². The average Bonchev–Trinajstić information content (AvgIpc) is 1.69. The highest BCUT2D eigenvalue weighted by atomic mass is 15.1. The molecule has 0 radical (unpaired) electrons. The Bertz CT molecular complexity index is 74.2. The lowest BCUT2D eigenvalue weighted by atomic mass is 9.99. The molecule has 0 aromatic carbocycles. The van der Waals surface area contributed by atoms with E-state index in [1.807, 2.05) is 34.6 Å². The number of nitrogens with two attached hydrogens (primary N) is 1. The van der Waals surface area contributed by atoms with E-state index in [-0.39, 0.29) is 6.84 Å². The van der Waals surface area contributed by atoms with Crippen LogP contribution < -0.4 is 5.84 Å². The van der Waals surface area contributed by atoms with Crippen molar-refractivity contribution in [2.45, 2.75) is 34.6 Å². The zero-order valence-electron chi connectivity index (χ0n) is 7.10. The second kappa shape index (κ2) is 5.60. The molecule has 0 aliphatic carbocycles. The zero-order valence-corrected chi connectivity index (χ0v) is 7.10. The quantitative estimate of drug-likeness (QED) is 0.306. The summed E-state index contributed by atoms with van der Waals surface area (Å²) in [6.07, 6.45) is 1.72. The molecule has 0 fully saturated rings. The molecule has 0 saturated carbocycles. The first-order chi connectivity index (χ1) is 4.06. The maximum Gasteiger partial charge on any atom is 0.0293 e. The molecule has 2 heteroatoms. The van der Waals surface area contributed by atoms with E-state index in [1.54, 1.807) is 6.21 Å². The summed E-state index contributed by atoms with van der Waals surface area (Å²) < 4.78 is 0. The van der Waals surface area contributed by atoms with E-state index in [0.29, 0.717) is 0 Å². The van der Waals surface area contributed by atoms with Crippen molar-refractivity contribution in [3.8, 4) is 0 Å². The van der Waals surface area contributed by atoms with Crippen molar-refractivity contribution in [3.63, 3.8) is 0 Å². The van der Waals surface area contributed by atoms with Crippen LogP contribution in [0.25, 0.3) is 0 Å². The third-order valence-electron chi connectivity index (χ3n) is 0.462. The van der Waals surface area contributed by atoms with Crippen molar-refractivity contribution in [2.24, 2.45) is 16.4 Å². The van der Waals surface area contributed by atoms with E-state index in [4.69, 9.17) is 5.84 Å². The normalized spacial score (nSPS) is 10.8. The highest BCUT2D eigenvalue weighted by molar-refractivity contribution is 5.63. The van der Waals surface area contributed by atoms with Crippen LogP contribution in [-0.2, 0) is 0 Å². The van der Waals surface area contributed by atoms with Gasteiger partial charge in [0.25, 0.3) is 0 Å².